The van der Waals surface area contributed by atoms with Crippen molar-refractivity contribution in [1.82, 2.24) is 19.1 Å². The second-order valence-electron chi connectivity index (χ2n) is 8.32. The van der Waals surface area contributed by atoms with Gasteiger partial charge in [-0.15, -0.1) is 10.2 Å². The summed E-state index contributed by atoms with van der Waals surface area (Å²) in [7, 11) is -1.82. The minimum Gasteiger partial charge on any atom is -0.465 e. The van der Waals surface area contributed by atoms with E-state index in [0.29, 0.717) is 48.5 Å². The summed E-state index contributed by atoms with van der Waals surface area (Å²) in [4.78, 5) is 26.8. The summed E-state index contributed by atoms with van der Waals surface area (Å²) >= 11 is 1.19. The lowest BCUT2D eigenvalue weighted by Gasteiger charge is -2.26. The van der Waals surface area contributed by atoms with Crippen LogP contribution in [0.4, 0.5) is 5.69 Å². The molecule has 2 aromatic carbocycles. The van der Waals surface area contributed by atoms with E-state index in [4.69, 9.17) is 9.47 Å². The predicted octanol–water partition coefficient (Wildman–Crippen LogP) is 2.19. The van der Waals surface area contributed by atoms with Crippen LogP contribution in [0.3, 0.4) is 0 Å². The number of sulfonamides is 1. The van der Waals surface area contributed by atoms with Gasteiger partial charge < -0.3 is 18.9 Å². The molecule has 1 amide bonds. The van der Waals surface area contributed by atoms with Crippen LogP contribution in [0.15, 0.2) is 64.6 Å². The van der Waals surface area contributed by atoms with Crippen LogP contribution in [0, 0.1) is 0 Å². The molecule has 1 aliphatic heterocycles. The third-order valence-corrected chi connectivity index (χ3v) is 8.76. The maximum absolute atomic E-state index is 13.1. The first-order chi connectivity index (χ1) is 18.3. The fraction of sp³-hybridized carbons (Fsp3) is 0.360. The van der Waals surface area contributed by atoms with Crippen LogP contribution >= 0.6 is 11.8 Å². The van der Waals surface area contributed by atoms with Crippen LogP contribution in [0.5, 0.6) is 0 Å². The van der Waals surface area contributed by atoms with E-state index in [2.05, 4.69) is 10.2 Å². The van der Waals surface area contributed by atoms with Gasteiger partial charge in [-0.3, -0.25) is 9.59 Å². The number of rotatable bonds is 10. The number of para-hydroxylation sites is 1. The van der Waals surface area contributed by atoms with Gasteiger partial charge in [0.15, 0.2) is 11.0 Å². The molecule has 38 heavy (non-hydrogen) atoms. The summed E-state index contributed by atoms with van der Waals surface area (Å²) in [6.45, 7) is 3.16. The Kier molecular flexibility index (Phi) is 9.15. The zero-order valence-electron chi connectivity index (χ0n) is 21.1. The number of ether oxygens (including phenoxy) is 2. The smallest absolute Gasteiger partial charge is 0.326 e. The van der Waals surface area contributed by atoms with Gasteiger partial charge in [-0.25, -0.2) is 8.42 Å². The Morgan fingerprint density at radius 3 is 2.39 bits per heavy atom. The van der Waals surface area contributed by atoms with Gasteiger partial charge in [0, 0.05) is 31.4 Å². The molecule has 0 N–H and O–H groups in total. The highest BCUT2D eigenvalue weighted by atomic mass is 32.2. The van der Waals surface area contributed by atoms with Crippen molar-refractivity contribution in [2.75, 3.05) is 50.1 Å². The first kappa shape index (κ1) is 27.8. The molecule has 1 fully saturated rings. The highest BCUT2D eigenvalue weighted by molar-refractivity contribution is 7.99. The molecule has 2 heterocycles. The second kappa shape index (κ2) is 12.5. The zero-order valence-corrected chi connectivity index (χ0v) is 22.8. The van der Waals surface area contributed by atoms with Crippen LogP contribution in [-0.2, 0) is 36.1 Å². The van der Waals surface area contributed by atoms with Crippen LogP contribution < -0.4 is 4.90 Å². The fourth-order valence-electron chi connectivity index (χ4n) is 3.88. The standard InChI is InChI=1S/C25H29N5O6S2/c1-3-36-23(32)17-30(20-7-5-4-6-8-20)22(31)18-37-25-27-26-24(28(25)2)19-9-11-21(12-10-19)38(33,34)29-13-15-35-16-14-29/h4-12H,3,13-18H2,1-2H3. The fourth-order valence-corrected chi connectivity index (χ4v) is 6.07. The molecule has 3 aromatic rings. The monoisotopic (exact) mass is 559 g/mol. The number of esters is 1. The Balaban J connectivity index is 1.45. The normalized spacial score (nSPS) is 14.3. The van der Waals surface area contributed by atoms with Crippen molar-refractivity contribution in [3.05, 3.63) is 54.6 Å². The first-order valence-corrected chi connectivity index (χ1v) is 14.5. The highest BCUT2D eigenvalue weighted by Crippen LogP contribution is 2.26. The highest BCUT2D eigenvalue weighted by Gasteiger charge is 2.26. The third-order valence-electron chi connectivity index (χ3n) is 5.84. The number of carbonyl (C=O) groups is 2. The van der Waals surface area contributed by atoms with E-state index >= 15 is 0 Å². The molecule has 0 atom stereocenters. The van der Waals surface area contributed by atoms with E-state index < -0.39 is 16.0 Å². The van der Waals surface area contributed by atoms with Gasteiger partial charge in [-0.1, -0.05) is 30.0 Å². The quantitative estimate of drug-likeness (QED) is 0.272. The molecule has 0 spiro atoms. The Labute approximate surface area is 225 Å². The molecule has 13 heteroatoms. The van der Waals surface area contributed by atoms with E-state index in [1.54, 1.807) is 67.1 Å². The van der Waals surface area contributed by atoms with Crippen molar-refractivity contribution in [3.63, 3.8) is 0 Å². The number of nitrogens with zero attached hydrogens (tertiary/aromatic N) is 5. The topological polar surface area (TPSA) is 124 Å². The Hall–Kier alpha value is -3.26. The summed E-state index contributed by atoms with van der Waals surface area (Å²) < 4.78 is 39.2. The van der Waals surface area contributed by atoms with E-state index in [-0.39, 0.29) is 29.7 Å². The van der Waals surface area contributed by atoms with Gasteiger partial charge in [-0.2, -0.15) is 4.31 Å². The van der Waals surface area contributed by atoms with Crippen molar-refractivity contribution in [2.45, 2.75) is 17.0 Å². The SMILES string of the molecule is CCOC(=O)CN(C(=O)CSc1nnc(-c2ccc(S(=O)(=O)N3CCOCC3)cc2)n1C)c1ccccc1. The van der Waals surface area contributed by atoms with Gasteiger partial charge >= 0.3 is 5.97 Å². The van der Waals surface area contributed by atoms with Crippen LogP contribution in [0.25, 0.3) is 11.4 Å². The molecular formula is C25H29N5O6S2. The number of amides is 1. The molecule has 202 valence electrons. The number of hydrogen-bond acceptors (Lipinski definition) is 9. The van der Waals surface area contributed by atoms with E-state index in [9.17, 15) is 18.0 Å². The van der Waals surface area contributed by atoms with E-state index in [1.807, 2.05) is 6.07 Å². The van der Waals surface area contributed by atoms with Gasteiger partial charge in [0.25, 0.3) is 0 Å². The van der Waals surface area contributed by atoms with Crippen LogP contribution in [0.2, 0.25) is 0 Å². The van der Waals surface area contributed by atoms with E-state index in [0.717, 1.165) is 0 Å². The molecule has 0 radical (unpaired) electrons. The lowest BCUT2D eigenvalue weighted by atomic mass is 10.2. The van der Waals surface area contributed by atoms with Gasteiger partial charge in [-0.05, 0) is 43.3 Å². The summed E-state index contributed by atoms with van der Waals surface area (Å²) in [6.07, 6.45) is 0. The number of carbonyl (C=O) groups excluding carboxylic acids is 2. The van der Waals surface area contributed by atoms with Gasteiger partial charge in [0.05, 0.1) is 30.5 Å². The summed E-state index contributed by atoms with van der Waals surface area (Å²) in [5.74, 6) is -0.218. The number of thioether (sulfide) groups is 1. The third kappa shape index (κ3) is 6.41. The van der Waals surface area contributed by atoms with Crippen LogP contribution in [-0.4, -0.2) is 84.6 Å². The average molecular weight is 560 g/mol. The maximum Gasteiger partial charge on any atom is 0.326 e. The maximum atomic E-state index is 13.1. The number of anilines is 1. The molecule has 1 aliphatic rings. The number of aromatic nitrogens is 3. The van der Waals surface area contributed by atoms with Crippen molar-refractivity contribution < 1.29 is 27.5 Å². The average Bonchev–Trinajstić information content (AvgIpc) is 3.31. The minimum atomic E-state index is -3.60. The van der Waals surface area contributed by atoms with Gasteiger partial charge in [0.2, 0.25) is 15.9 Å². The molecule has 4 rings (SSSR count). The summed E-state index contributed by atoms with van der Waals surface area (Å²) in [5, 5.41) is 8.94. The number of hydrogen-bond donors (Lipinski definition) is 0. The van der Waals surface area contributed by atoms with E-state index in [1.165, 1.54) is 21.0 Å². The molecule has 0 unspecified atom stereocenters. The van der Waals surface area contributed by atoms with Crippen molar-refractivity contribution in [3.8, 4) is 11.4 Å². The second-order valence-corrected chi connectivity index (χ2v) is 11.2. The molecular weight excluding hydrogens is 530 g/mol. The lowest BCUT2D eigenvalue weighted by Crippen LogP contribution is -2.40. The van der Waals surface area contributed by atoms with Crippen LogP contribution in [0.1, 0.15) is 6.92 Å². The molecule has 1 aromatic heterocycles. The molecule has 0 saturated carbocycles. The molecule has 0 bridgehead atoms. The molecule has 1 saturated heterocycles. The summed E-state index contributed by atoms with van der Waals surface area (Å²) in [5.41, 5.74) is 1.28. The Morgan fingerprint density at radius 2 is 1.74 bits per heavy atom. The molecule has 11 nitrogen and oxygen atoms in total. The number of morpholine rings is 1. The minimum absolute atomic E-state index is 0.0248. The predicted molar refractivity (Wildman–Crippen MR) is 142 cm³/mol. The lowest BCUT2D eigenvalue weighted by molar-refractivity contribution is -0.142. The van der Waals surface area contributed by atoms with Crippen molar-refractivity contribution in [2.24, 2.45) is 7.05 Å². The van der Waals surface area contributed by atoms with Crippen molar-refractivity contribution in [1.29, 1.82) is 0 Å². The first-order valence-electron chi connectivity index (χ1n) is 12.0. The zero-order chi connectivity index (χ0) is 27.1. The largest absolute Gasteiger partial charge is 0.465 e. The van der Waals surface area contributed by atoms with Gasteiger partial charge in [0.1, 0.15) is 6.54 Å². The number of benzene rings is 2. The van der Waals surface area contributed by atoms with Crippen molar-refractivity contribution >= 4 is 39.3 Å². The molecule has 0 aliphatic carbocycles. The Morgan fingerprint density at radius 1 is 1.05 bits per heavy atom. The summed E-state index contributed by atoms with van der Waals surface area (Å²) in [6, 6.07) is 15.4. The Bertz CT molecular complexity index is 1360.